The molecule has 1 heterocycles. The van der Waals surface area contributed by atoms with Crippen LogP contribution < -0.4 is 10.6 Å². The number of hydrogen-bond acceptors (Lipinski definition) is 2. The molecule has 1 saturated heterocycles. The van der Waals surface area contributed by atoms with E-state index in [2.05, 4.69) is 0 Å². The lowest BCUT2D eigenvalue weighted by Crippen LogP contribution is -2.46. The maximum atomic E-state index is 13.6. The molecule has 1 aromatic carbocycles. The van der Waals surface area contributed by atoms with Crippen molar-refractivity contribution in [3.8, 4) is 0 Å². The molecule has 106 valence electrons. The van der Waals surface area contributed by atoms with E-state index in [1.165, 1.54) is 0 Å². The molecule has 2 nitrogen and oxygen atoms in total. The van der Waals surface area contributed by atoms with E-state index in [9.17, 15) is 22.0 Å². The lowest BCUT2D eigenvalue weighted by atomic mass is 9.94. The second kappa shape index (κ2) is 4.96. The molecule has 2 unspecified atom stereocenters. The van der Waals surface area contributed by atoms with Crippen LogP contribution in [0.1, 0.15) is 13.3 Å². The Bertz CT molecular complexity index is 476. The lowest BCUT2D eigenvalue weighted by Gasteiger charge is -2.36. The molecule has 2 atom stereocenters. The molecule has 2 N–H and O–H groups in total. The molecule has 0 aromatic heterocycles. The number of anilines is 1. The van der Waals surface area contributed by atoms with Gasteiger partial charge in [0, 0.05) is 19.1 Å². The van der Waals surface area contributed by atoms with Crippen molar-refractivity contribution in [3.63, 3.8) is 0 Å². The van der Waals surface area contributed by atoms with Gasteiger partial charge in [0.15, 0.2) is 23.3 Å². The highest BCUT2D eigenvalue weighted by atomic mass is 19.2. The molecule has 1 aliphatic heterocycles. The van der Waals surface area contributed by atoms with Gasteiger partial charge in [0.1, 0.15) is 5.69 Å². The minimum atomic E-state index is -2.14. The third kappa shape index (κ3) is 2.27. The molecular weight excluding hydrogens is 267 g/mol. The molecule has 0 radical (unpaired) electrons. The van der Waals surface area contributed by atoms with E-state index in [-0.39, 0.29) is 25.0 Å². The van der Waals surface area contributed by atoms with E-state index >= 15 is 0 Å². The van der Waals surface area contributed by atoms with Crippen LogP contribution in [0.5, 0.6) is 0 Å². The van der Waals surface area contributed by atoms with Crippen molar-refractivity contribution in [1.29, 1.82) is 0 Å². The first-order valence-electron chi connectivity index (χ1n) is 5.86. The fraction of sp³-hybridized carbons (Fsp3) is 0.500. The standard InChI is InChI=1S/C12H13F5N2/c1-5-4-19(3-2-6(5)18)12-10(16)8(14)7(13)9(15)11(12)17/h5-6H,2-4,18H2,1H3. The quantitative estimate of drug-likeness (QED) is 0.486. The van der Waals surface area contributed by atoms with Crippen molar-refractivity contribution in [2.45, 2.75) is 19.4 Å². The second-order valence-corrected chi connectivity index (χ2v) is 4.79. The summed E-state index contributed by atoms with van der Waals surface area (Å²) in [5, 5.41) is 0. The summed E-state index contributed by atoms with van der Waals surface area (Å²) in [4.78, 5) is 1.16. The van der Waals surface area contributed by atoms with Crippen molar-refractivity contribution in [2.24, 2.45) is 11.7 Å². The van der Waals surface area contributed by atoms with Gasteiger partial charge in [0.2, 0.25) is 5.82 Å². The molecule has 0 amide bonds. The van der Waals surface area contributed by atoms with E-state index in [0.717, 1.165) is 4.90 Å². The van der Waals surface area contributed by atoms with E-state index in [0.29, 0.717) is 6.42 Å². The van der Waals surface area contributed by atoms with E-state index in [4.69, 9.17) is 5.73 Å². The van der Waals surface area contributed by atoms with Gasteiger partial charge in [-0.25, -0.2) is 22.0 Å². The van der Waals surface area contributed by atoms with E-state index in [1.807, 2.05) is 0 Å². The van der Waals surface area contributed by atoms with Crippen LogP contribution in [0, 0.1) is 35.0 Å². The highest BCUT2D eigenvalue weighted by molar-refractivity contribution is 5.51. The minimum Gasteiger partial charge on any atom is -0.366 e. The Hall–Kier alpha value is -1.37. The van der Waals surface area contributed by atoms with Crippen LogP contribution in [0.4, 0.5) is 27.6 Å². The van der Waals surface area contributed by atoms with E-state index in [1.54, 1.807) is 6.92 Å². The molecule has 1 fully saturated rings. The van der Waals surface area contributed by atoms with Gasteiger partial charge in [-0.15, -0.1) is 0 Å². The number of benzene rings is 1. The zero-order valence-electron chi connectivity index (χ0n) is 10.2. The van der Waals surface area contributed by atoms with Crippen LogP contribution in [0.2, 0.25) is 0 Å². The monoisotopic (exact) mass is 280 g/mol. The number of halogens is 5. The molecule has 0 saturated carbocycles. The first-order valence-corrected chi connectivity index (χ1v) is 5.86. The second-order valence-electron chi connectivity index (χ2n) is 4.79. The van der Waals surface area contributed by atoms with Gasteiger partial charge in [-0.3, -0.25) is 0 Å². The van der Waals surface area contributed by atoms with Gasteiger partial charge >= 0.3 is 0 Å². The van der Waals surface area contributed by atoms with Crippen LogP contribution in [0.25, 0.3) is 0 Å². The van der Waals surface area contributed by atoms with Crippen LogP contribution in [0.3, 0.4) is 0 Å². The fourth-order valence-corrected chi connectivity index (χ4v) is 2.24. The van der Waals surface area contributed by atoms with Gasteiger partial charge in [0.25, 0.3) is 0 Å². The summed E-state index contributed by atoms with van der Waals surface area (Å²) in [7, 11) is 0. The molecule has 1 aromatic rings. The summed E-state index contributed by atoms with van der Waals surface area (Å²) in [5.41, 5.74) is 4.89. The van der Waals surface area contributed by atoms with Crippen LogP contribution in [-0.4, -0.2) is 19.1 Å². The Labute approximate surface area is 107 Å². The van der Waals surface area contributed by atoms with Crippen LogP contribution in [0.15, 0.2) is 0 Å². The molecule has 19 heavy (non-hydrogen) atoms. The normalized spacial score (nSPS) is 23.8. The summed E-state index contributed by atoms with van der Waals surface area (Å²) in [6, 6.07) is -0.141. The molecular formula is C12H13F5N2. The van der Waals surface area contributed by atoms with Crippen molar-refractivity contribution in [2.75, 3.05) is 18.0 Å². The smallest absolute Gasteiger partial charge is 0.200 e. The van der Waals surface area contributed by atoms with E-state index < -0.39 is 34.8 Å². The third-order valence-electron chi connectivity index (χ3n) is 3.47. The van der Waals surface area contributed by atoms with Gasteiger partial charge in [0.05, 0.1) is 0 Å². The molecule has 0 bridgehead atoms. The summed E-state index contributed by atoms with van der Waals surface area (Å²) in [6.45, 7) is 2.08. The number of piperidine rings is 1. The van der Waals surface area contributed by atoms with Crippen LogP contribution in [-0.2, 0) is 0 Å². The van der Waals surface area contributed by atoms with Gasteiger partial charge in [-0.2, -0.15) is 0 Å². The predicted octanol–water partition coefficient (Wildman–Crippen LogP) is 2.56. The topological polar surface area (TPSA) is 29.3 Å². The van der Waals surface area contributed by atoms with Crippen molar-refractivity contribution in [3.05, 3.63) is 29.1 Å². The Morgan fingerprint density at radius 1 is 0.947 bits per heavy atom. The van der Waals surface area contributed by atoms with Crippen molar-refractivity contribution >= 4 is 5.69 Å². The Balaban J connectivity index is 2.46. The number of rotatable bonds is 1. The highest BCUT2D eigenvalue weighted by Crippen LogP contribution is 2.32. The van der Waals surface area contributed by atoms with Gasteiger partial charge in [-0.1, -0.05) is 6.92 Å². The Morgan fingerprint density at radius 2 is 1.42 bits per heavy atom. The summed E-state index contributed by atoms with van der Waals surface area (Å²) in [6.07, 6.45) is 0.431. The molecule has 2 rings (SSSR count). The average molecular weight is 280 g/mol. The lowest BCUT2D eigenvalue weighted by molar-refractivity contribution is 0.356. The van der Waals surface area contributed by atoms with Crippen molar-refractivity contribution in [1.82, 2.24) is 0 Å². The zero-order valence-corrected chi connectivity index (χ0v) is 10.2. The predicted molar refractivity (Wildman–Crippen MR) is 60.2 cm³/mol. The zero-order chi connectivity index (χ0) is 14.3. The fourth-order valence-electron chi connectivity index (χ4n) is 2.24. The van der Waals surface area contributed by atoms with Gasteiger partial charge < -0.3 is 10.6 Å². The summed E-state index contributed by atoms with van der Waals surface area (Å²) >= 11 is 0. The third-order valence-corrected chi connectivity index (χ3v) is 3.47. The maximum Gasteiger partial charge on any atom is 0.200 e. The Kier molecular flexibility index (Phi) is 3.66. The molecule has 7 heteroatoms. The molecule has 1 aliphatic rings. The minimum absolute atomic E-state index is 0.0938. The Morgan fingerprint density at radius 3 is 1.89 bits per heavy atom. The summed E-state index contributed by atoms with van der Waals surface area (Å²) < 4.78 is 66.4. The first-order chi connectivity index (χ1) is 8.84. The molecule has 0 aliphatic carbocycles. The number of hydrogen-bond donors (Lipinski definition) is 1. The SMILES string of the molecule is CC1CN(c2c(F)c(F)c(F)c(F)c2F)CCC1N. The van der Waals surface area contributed by atoms with Gasteiger partial charge in [-0.05, 0) is 12.3 Å². The van der Waals surface area contributed by atoms with Crippen molar-refractivity contribution < 1.29 is 22.0 Å². The largest absolute Gasteiger partial charge is 0.366 e. The summed E-state index contributed by atoms with van der Waals surface area (Å²) in [5.74, 6) is -9.66. The van der Waals surface area contributed by atoms with Crippen LogP contribution >= 0.6 is 0 Å². The molecule has 0 spiro atoms. The number of nitrogens with two attached hydrogens (primary N) is 1. The number of nitrogens with zero attached hydrogens (tertiary/aromatic N) is 1. The highest BCUT2D eigenvalue weighted by Gasteiger charge is 2.32. The maximum absolute atomic E-state index is 13.6. The average Bonchev–Trinajstić information content (AvgIpc) is 2.38. The first kappa shape index (κ1) is 14.0.